The maximum absolute atomic E-state index is 12.0. The van der Waals surface area contributed by atoms with Crippen LogP contribution in [0.4, 0.5) is 10.5 Å². The van der Waals surface area contributed by atoms with Crippen LogP contribution in [0.1, 0.15) is 46.6 Å². The minimum Gasteiger partial charge on any atom is -0.469 e. The summed E-state index contributed by atoms with van der Waals surface area (Å²) in [5.74, 6) is -0.410. The van der Waals surface area contributed by atoms with Gasteiger partial charge in [-0.25, -0.2) is 4.79 Å². The standard InChI is InChI=1S/C15H21N3O5.C2H6/c1-10(9-13(19)23-4)16-14(20)17-15(2,3)11-5-7-12(8-6-11)18(21)22;1-2/h5-8,10H,9H2,1-4H3,(H2,16,17,20);1-2H3. The van der Waals surface area contributed by atoms with Crippen LogP contribution in [-0.4, -0.2) is 30.1 Å². The first-order valence-corrected chi connectivity index (χ1v) is 8.06. The number of carbonyl (C=O) groups excluding carboxylic acids is 2. The van der Waals surface area contributed by atoms with Crippen LogP contribution >= 0.6 is 0 Å². The lowest BCUT2D eigenvalue weighted by molar-refractivity contribution is -0.384. The zero-order valence-electron chi connectivity index (χ0n) is 15.6. The molecule has 0 spiro atoms. The van der Waals surface area contributed by atoms with E-state index in [1.807, 2.05) is 13.8 Å². The van der Waals surface area contributed by atoms with Gasteiger partial charge in [-0.05, 0) is 38.5 Å². The van der Waals surface area contributed by atoms with Crippen LogP contribution in [0.15, 0.2) is 24.3 Å². The van der Waals surface area contributed by atoms with Crippen molar-refractivity contribution in [2.75, 3.05) is 7.11 Å². The Hall–Kier alpha value is -2.64. The molecule has 0 saturated heterocycles. The number of esters is 1. The second-order valence-electron chi connectivity index (χ2n) is 5.71. The first-order valence-electron chi connectivity index (χ1n) is 8.06. The van der Waals surface area contributed by atoms with Crippen molar-refractivity contribution in [2.45, 2.75) is 52.6 Å². The number of nitro benzene ring substituents is 1. The molecule has 8 heteroatoms. The number of nitro groups is 1. The molecule has 0 aliphatic heterocycles. The summed E-state index contributed by atoms with van der Waals surface area (Å²) in [6.45, 7) is 9.24. The third-order valence-electron chi connectivity index (χ3n) is 3.30. The summed E-state index contributed by atoms with van der Waals surface area (Å²) in [6, 6.07) is 5.14. The largest absolute Gasteiger partial charge is 0.469 e. The Bertz CT molecular complexity index is 584. The lowest BCUT2D eigenvalue weighted by Crippen LogP contribution is -2.49. The Morgan fingerprint density at radius 2 is 1.76 bits per heavy atom. The number of nitrogens with zero attached hydrogens (tertiary/aromatic N) is 1. The molecule has 0 saturated carbocycles. The quantitative estimate of drug-likeness (QED) is 0.464. The SMILES string of the molecule is CC.COC(=O)CC(C)NC(=O)NC(C)(C)c1ccc([N+](=O)[O-])cc1. The molecule has 0 heterocycles. The maximum atomic E-state index is 12.0. The minimum absolute atomic E-state index is 0.0132. The Morgan fingerprint density at radius 3 is 2.20 bits per heavy atom. The predicted molar refractivity (Wildman–Crippen MR) is 95.2 cm³/mol. The summed E-state index contributed by atoms with van der Waals surface area (Å²) in [5, 5.41) is 16.1. The highest BCUT2D eigenvalue weighted by Gasteiger charge is 2.24. The topological polar surface area (TPSA) is 111 Å². The number of ether oxygens (including phenoxy) is 1. The minimum atomic E-state index is -0.732. The summed E-state index contributed by atoms with van der Waals surface area (Å²) < 4.78 is 4.54. The van der Waals surface area contributed by atoms with Gasteiger partial charge in [0.15, 0.2) is 0 Å². The van der Waals surface area contributed by atoms with Crippen molar-refractivity contribution < 1.29 is 19.2 Å². The smallest absolute Gasteiger partial charge is 0.315 e. The number of methoxy groups -OCH3 is 1. The molecule has 25 heavy (non-hydrogen) atoms. The number of hydrogen-bond donors (Lipinski definition) is 2. The summed E-state index contributed by atoms with van der Waals surface area (Å²) in [7, 11) is 1.28. The average molecular weight is 353 g/mol. The number of urea groups is 1. The van der Waals surface area contributed by atoms with E-state index in [4.69, 9.17) is 0 Å². The number of carbonyl (C=O) groups is 2. The van der Waals surface area contributed by atoms with Gasteiger partial charge in [0.05, 0.1) is 24.0 Å². The molecule has 0 aliphatic rings. The fourth-order valence-electron chi connectivity index (χ4n) is 2.00. The molecular weight excluding hydrogens is 326 g/mol. The molecular formula is C17H27N3O5. The third-order valence-corrected chi connectivity index (χ3v) is 3.30. The van der Waals surface area contributed by atoms with Gasteiger partial charge in [-0.2, -0.15) is 0 Å². The van der Waals surface area contributed by atoms with E-state index in [-0.39, 0.29) is 18.2 Å². The molecule has 0 radical (unpaired) electrons. The molecule has 1 unspecified atom stereocenters. The van der Waals surface area contributed by atoms with Gasteiger partial charge >= 0.3 is 12.0 Å². The first kappa shape index (κ1) is 22.4. The second-order valence-corrected chi connectivity index (χ2v) is 5.71. The van der Waals surface area contributed by atoms with Crippen LogP contribution < -0.4 is 10.6 Å². The number of amides is 2. The van der Waals surface area contributed by atoms with Gasteiger partial charge in [0.25, 0.3) is 5.69 Å². The van der Waals surface area contributed by atoms with E-state index in [0.717, 1.165) is 5.56 Å². The zero-order valence-corrected chi connectivity index (χ0v) is 15.6. The van der Waals surface area contributed by atoms with Crippen LogP contribution in [0.5, 0.6) is 0 Å². The molecule has 0 aromatic heterocycles. The van der Waals surface area contributed by atoms with Crippen molar-refractivity contribution in [2.24, 2.45) is 0 Å². The zero-order chi connectivity index (χ0) is 19.6. The second kappa shape index (κ2) is 10.3. The van der Waals surface area contributed by atoms with Crippen LogP contribution in [0.2, 0.25) is 0 Å². The lowest BCUT2D eigenvalue weighted by atomic mass is 9.94. The van der Waals surface area contributed by atoms with E-state index in [1.54, 1.807) is 32.9 Å². The first-order chi connectivity index (χ1) is 11.7. The summed E-state index contributed by atoms with van der Waals surface area (Å²) >= 11 is 0. The molecule has 2 N–H and O–H groups in total. The number of non-ortho nitro benzene ring substituents is 1. The van der Waals surface area contributed by atoms with Crippen LogP contribution in [-0.2, 0) is 15.1 Å². The van der Waals surface area contributed by atoms with E-state index < -0.39 is 22.5 Å². The molecule has 1 aromatic carbocycles. The van der Waals surface area contributed by atoms with Gasteiger partial charge in [-0.3, -0.25) is 14.9 Å². The van der Waals surface area contributed by atoms with Gasteiger partial charge < -0.3 is 15.4 Å². The number of benzene rings is 1. The van der Waals surface area contributed by atoms with E-state index in [0.29, 0.717) is 0 Å². The summed E-state index contributed by atoms with van der Waals surface area (Å²) in [4.78, 5) is 33.3. The normalized spacial score (nSPS) is 11.4. The molecule has 1 rings (SSSR count). The highest BCUT2D eigenvalue weighted by molar-refractivity contribution is 5.77. The third kappa shape index (κ3) is 7.65. The van der Waals surface area contributed by atoms with Crippen molar-refractivity contribution in [3.63, 3.8) is 0 Å². The number of nitrogens with one attached hydrogen (secondary N) is 2. The van der Waals surface area contributed by atoms with Crippen LogP contribution in [0, 0.1) is 10.1 Å². The van der Waals surface area contributed by atoms with Crippen molar-refractivity contribution >= 4 is 17.7 Å². The fraction of sp³-hybridized carbons (Fsp3) is 0.529. The van der Waals surface area contributed by atoms with Gasteiger partial charge in [-0.15, -0.1) is 0 Å². The van der Waals surface area contributed by atoms with E-state index in [2.05, 4.69) is 15.4 Å². The average Bonchev–Trinajstić information content (AvgIpc) is 2.55. The number of hydrogen-bond acceptors (Lipinski definition) is 5. The molecule has 140 valence electrons. The van der Waals surface area contributed by atoms with Crippen molar-refractivity contribution in [3.8, 4) is 0 Å². The Morgan fingerprint density at radius 1 is 1.24 bits per heavy atom. The van der Waals surface area contributed by atoms with Crippen molar-refractivity contribution in [3.05, 3.63) is 39.9 Å². The van der Waals surface area contributed by atoms with Gasteiger partial charge in [-0.1, -0.05) is 13.8 Å². The Balaban J connectivity index is 0.00000277. The highest BCUT2D eigenvalue weighted by atomic mass is 16.6. The number of rotatable bonds is 6. The molecule has 2 amide bonds. The fourth-order valence-corrected chi connectivity index (χ4v) is 2.00. The van der Waals surface area contributed by atoms with Gasteiger partial charge in [0.2, 0.25) is 0 Å². The van der Waals surface area contributed by atoms with Gasteiger partial charge in [0.1, 0.15) is 0 Å². The highest BCUT2D eigenvalue weighted by Crippen LogP contribution is 2.22. The Labute approximate surface area is 148 Å². The van der Waals surface area contributed by atoms with E-state index >= 15 is 0 Å². The predicted octanol–water partition coefficient (Wildman–Crippen LogP) is 3.11. The lowest BCUT2D eigenvalue weighted by Gasteiger charge is -2.27. The maximum Gasteiger partial charge on any atom is 0.315 e. The van der Waals surface area contributed by atoms with Gasteiger partial charge in [0, 0.05) is 18.2 Å². The summed E-state index contributed by atoms with van der Waals surface area (Å²) in [5.41, 5.74) is -0.0240. The molecule has 1 aromatic rings. The van der Waals surface area contributed by atoms with Crippen LogP contribution in [0.25, 0.3) is 0 Å². The molecule has 8 nitrogen and oxygen atoms in total. The van der Waals surface area contributed by atoms with Crippen LogP contribution in [0.3, 0.4) is 0 Å². The molecule has 0 aliphatic carbocycles. The monoisotopic (exact) mass is 353 g/mol. The molecule has 0 bridgehead atoms. The van der Waals surface area contributed by atoms with Crippen molar-refractivity contribution in [1.82, 2.24) is 10.6 Å². The Kier molecular flexibility index (Phi) is 9.19. The van der Waals surface area contributed by atoms with E-state index in [1.165, 1.54) is 19.2 Å². The molecule has 0 fully saturated rings. The van der Waals surface area contributed by atoms with Crippen molar-refractivity contribution in [1.29, 1.82) is 0 Å². The van der Waals surface area contributed by atoms with E-state index in [9.17, 15) is 19.7 Å². The summed E-state index contributed by atoms with van der Waals surface area (Å²) in [6.07, 6.45) is 0.0713. The molecule has 1 atom stereocenters.